The molecule has 2 heterocycles. The van der Waals surface area contributed by atoms with E-state index < -0.39 is 0 Å². The molecule has 1 aromatic carbocycles. The maximum atomic E-state index is 5.38. The maximum Gasteiger partial charge on any atom is 0.122 e. The summed E-state index contributed by atoms with van der Waals surface area (Å²) >= 11 is 0. The molecule has 21 heavy (non-hydrogen) atoms. The summed E-state index contributed by atoms with van der Waals surface area (Å²) in [4.78, 5) is 5.26. The minimum Gasteiger partial charge on any atom is -0.497 e. The van der Waals surface area contributed by atoms with Gasteiger partial charge in [-0.15, -0.1) is 0 Å². The van der Waals surface area contributed by atoms with Crippen LogP contribution in [0.1, 0.15) is 25.3 Å². The predicted molar refractivity (Wildman–Crippen MR) is 84.0 cm³/mol. The van der Waals surface area contributed by atoms with Gasteiger partial charge < -0.3 is 9.47 Å². The third-order valence-electron chi connectivity index (χ3n) is 5.02. The molecule has 0 aliphatic carbocycles. The van der Waals surface area contributed by atoms with Crippen LogP contribution in [-0.4, -0.2) is 55.7 Å². The predicted octanol–water partition coefficient (Wildman–Crippen LogP) is 2.37. The van der Waals surface area contributed by atoms with Crippen molar-refractivity contribution in [2.24, 2.45) is 0 Å². The highest BCUT2D eigenvalue weighted by molar-refractivity contribution is 5.38. The lowest BCUT2D eigenvalue weighted by Gasteiger charge is -2.43. The van der Waals surface area contributed by atoms with Crippen LogP contribution < -0.4 is 9.47 Å². The van der Waals surface area contributed by atoms with E-state index in [4.69, 9.17) is 9.47 Å². The van der Waals surface area contributed by atoms with Crippen molar-refractivity contribution in [3.8, 4) is 11.5 Å². The Morgan fingerprint density at radius 1 is 1.05 bits per heavy atom. The molecule has 1 aromatic rings. The molecule has 0 radical (unpaired) electrons. The van der Waals surface area contributed by atoms with Crippen LogP contribution in [0, 0.1) is 0 Å². The van der Waals surface area contributed by atoms with Crippen molar-refractivity contribution in [3.63, 3.8) is 0 Å². The Hall–Kier alpha value is -1.26. The summed E-state index contributed by atoms with van der Waals surface area (Å²) in [5.74, 6) is 1.74. The van der Waals surface area contributed by atoms with Crippen molar-refractivity contribution < 1.29 is 9.47 Å². The fourth-order valence-electron chi connectivity index (χ4n) is 3.79. The Kier molecular flexibility index (Phi) is 4.36. The lowest BCUT2D eigenvalue weighted by Crippen LogP contribution is -2.55. The molecule has 0 aromatic heterocycles. The van der Waals surface area contributed by atoms with E-state index in [-0.39, 0.29) is 0 Å². The summed E-state index contributed by atoms with van der Waals surface area (Å²) in [6.07, 6.45) is 2.70. The third-order valence-corrected chi connectivity index (χ3v) is 5.02. The molecule has 4 nitrogen and oxygen atoms in total. The van der Waals surface area contributed by atoms with Gasteiger partial charge in [0.2, 0.25) is 0 Å². The average Bonchev–Trinajstić information content (AvgIpc) is 2.99. The molecule has 0 bridgehead atoms. The van der Waals surface area contributed by atoms with Crippen LogP contribution in [0.3, 0.4) is 0 Å². The van der Waals surface area contributed by atoms with Crippen LogP contribution in [-0.2, 0) is 6.54 Å². The lowest BCUT2D eigenvalue weighted by atomic mass is 10.0. The number of benzene rings is 1. The van der Waals surface area contributed by atoms with Crippen LogP contribution in [0.25, 0.3) is 0 Å². The van der Waals surface area contributed by atoms with Crippen molar-refractivity contribution in [1.29, 1.82) is 0 Å². The quantitative estimate of drug-likeness (QED) is 0.850. The molecule has 2 aliphatic heterocycles. The molecule has 3 rings (SSSR count). The number of methoxy groups -OCH3 is 2. The molecule has 2 fully saturated rings. The van der Waals surface area contributed by atoms with Crippen molar-refractivity contribution in [1.82, 2.24) is 9.80 Å². The topological polar surface area (TPSA) is 24.9 Å². The first-order valence-electron chi connectivity index (χ1n) is 7.91. The number of piperazine rings is 1. The first kappa shape index (κ1) is 14.7. The van der Waals surface area contributed by atoms with E-state index in [1.807, 2.05) is 6.07 Å². The smallest absolute Gasteiger partial charge is 0.122 e. The van der Waals surface area contributed by atoms with E-state index in [9.17, 15) is 0 Å². The van der Waals surface area contributed by atoms with Gasteiger partial charge in [0.25, 0.3) is 0 Å². The van der Waals surface area contributed by atoms with Gasteiger partial charge in [0.1, 0.15) is 11.5 Å². The Balaban J connectivity index is 1.73. The molecule has 0 unspecified atom stereocenters. The van der Waals surface area contributed by atoms with Gasteiger partial charge in [0.05, 0.1) is 14.2 Å². The molecular formula is C17H26N2O2. The number of hydrogen-bond donors (Lipinski definition) is 0. The average molecular weight is 290 g/mol. The zero-order valence-corrected chi connectivity index (χ0v) is 13.3. The number of hydrogen-bond acceptors (Lipinski definition) is 4. The van der Waals surface area contributed by atoms with E-state index in [0.29, 0.717) is 6.04 Å². The van der Waals surface area contributed by atoms with Gasteiger partial charge in [-0.3, -0.25) is 9.80 Å². The number of nitrogens with zero attached hydrogens (tertiary/aromatic N) is 2. The fourth-order valence-corrected chi connectivity index (χ4v) is 3.79. The molecule has 0 amide bonds. The molecule has 0 N–H and O–H groups in total. The largest absolute Gasteiger partial charge is 0.497 e. The van der Waals surface area contributed by atoms with Crippen molar-refractivity contribution in [2.75, 3.05) is 33.9 Å². The Morgan fingerprint density at radius 2 is 1.76 bits per heavy atom. The summed E-state index contributed by atoms with van der Waals surface area (Å²) in [5, 5.41) is 0. The van der Waals surface area contributed by atoms with Gasteiger partial charge in [-0.1, -0.05) is 0 Å². The number of fused-ring (bicyclic) bond motifs is 1. The highest BCUT2D eigenvalue weighted by Crippen LogP contribution is 2.29. The lowest BCUT2D eigenvalue weighted by molar-refractivity contribution is 0.0470. The number of rotatable bonds is 4. The first-order chi connectivity index (χ1) is 10.2. The van der Waals surface area contributed by atoms with Crippen molar-refractivity contribution >= 4 is 0 Å². The zero-order chi connectivity index (χ0) is 14.8. The monoisotopic (exact) mass is 290 g/mol. The van der Waals surface area contributed by atoms with Crippen LogP contribution in [0.15, 0.2) is 18.2 Å². The zero-order valence-electron chi connectivity index (χ0n) is 13.3. The maximum absolute atomic E-state index is 5.38. The molecule has 0 spiro atoms. The molecule has 4 heteroatoms. The highest BCUT2D eigenvalue weighted by Gasteiger charge is 2.36. The second kappa shape index (κ2) is 6.24. The standard InChI is InChI=1S/C17H26N2O2/c1-13-17-5-4-6-18(17)7-8-19(13)12-14-9-15(20-2)11-16(10-14)21-3/h9-11,13,17H,4-8,12H2,1-3H3/t13-,17+/m0/s1. The summed E-state index contributed by atoms with van der Waals surface area (Å²) < 4.78 is 10.8. The summed E-state index contributed by atoms with van der Waals surface area (Å²) in [5.41, 5.74) is 1.27. The Labute approximate surface area is 127 Å². The summed E-state index contributed by atoms with van der Waals surface area (Å²) in [6, 6.07) is 7.54. The fraction of sp³-hybridized carbons (Fsp3) is 0.647. The van der Waals surface area contributed by atoms with E-state index in [1.54, 1.807) is 14.2 Å². The molecule has 2 atom stereocenters. The Morgan fingerprint density at radius 3 is 2.43 bits per heavy atom. The highest BCUT2D eigenvalue weighted by atomic mass is 16.5. The van der Waals surface area contributed by atoms with Crippen LogP contribution >= 0.6 is 0 Å². The molecule has 0 saturated carbocycles. The molecule has 2 saturated heterocycles. The molecular weight excluding hydrogens is 264 g/mol. The minimum absolute atomic E-state index is 0.624. The van der Waals surface area contributed by atoms with Gasteiger partial charge in [0, 0.05) is 37.8 Å². The Bertz CT molecular complexity index is 469. The second-order valence-electron chi connectivity index (χ2n) is 6.18. The van der Waals surface area contributed by atoms with Crippen LogP contribution in [0.4, 0.5) is 0 Å². The van der Waals surface area contributed by atoms with E-state index in [0.717, 1.165) is 30.6 Å². The van der Waals surface area contributed by atoms with Gasteiger partial charge in [-0.05, 0) is 44.0 Å². The SMILES string of the molecule is COc1cc(CN2CCN3CCC[C@@H]3[C@@H]2C)cc(OC)c1. The normalized spacial score (nSPS) is 26.6. The third kappa shape index (κ3) is 3.01. The minimum atomic E-state index is 0.624. The summed E-state index contributed by atoms with van der Waals surface area (Å²) in [6.45, 7) is 6.99. The van der Waals surface area contributed by atoms with E-state index in [2.05, 4.69) is 28.9 Å². The van der Waals surface area contributed by atoms with Crippen molar-refractivity contribution in [2.45, 2.75) is 38.4 Å². The molecule has 116 valence electrons. The second-order valence-corrected chi connectivity index (χ2v) is 6.18. The first-order valence-corrected chi connectivity index (χ1v) is 7.91. The van der Waals surface area contributed by atoms with Gasteiger partial charge in [-0.2, -0.15) is 0 Å². The van der Waals surface area contributed by atoms with Crippen LogP contribution in [0.5, 0.6) is 11.5 Å². The van der Waals surface area contributed by atoms with Crippen LogP contribution in [0.2, 0.25) is 0 Å². The van der Waals surface area contributed by atoms with E-state index >= 15 is 0 Å². The van der Waals surface area contributed by atoms with Gasteiger partial charge in [-0.25, -0.2) is 0 Å². The number of ether oxygens (including phenoxy) is 2. The van der Waals surface area contributed by atoms with Gasteiger partial charge >= 0.3 is 0 Å². The van der Waals surface area contributed by atoms with Gasteiger partial charge in [0.15, 0.2) is 0 Å². The molecule has 2 aliphatic rings. The summed E-state index contributed by atoms with van der Waals surface area (Å²) in [7, 11) is 3.41. The van der Waals surface area contributed by atoms with Crippen molar-refractivity contribution in [3.05, 3.63) is 23.8 Å². The van der Waals surface area contributed by atoms with E-state index in [1.165, 1.54) is 31.5 Å².